The van der Waals surface area contributed by atoms with Crippen molar-refractivity contribution < 1.29 is 0 Å². The lowest BCUT2D eigenvalue weighted by Crippen LogP contribution is -2.26. The van der Waals surface area contributed by atoms with Crippen LogP contribution in [0.1, 0.15) is 6.92 Å². The van der Waals surface area contributed by atoms with Gasteiger partial charge in [0.2, 0.25) is 0 Å². The molecular weight excluding hydrogens is 156 g/mol. The Morgan fingerprint density at radius 1 is 1.64 bits per heavy atom. The van der Waals surface area contributed by atoms with Gasteiger partial charge in [-0.15, -0.1) is 0 Å². The summed E-state index contributed by atoms with van der Waals surface area (Å²) in [5, 5.41) is 10.8. The fourth-order valence-electron chi connectivity index (χ4n) is 0.961. The maximum atomic E-state index is 8.46. The van der Waals surface area contributed by atoms with Gasteiger partial charge in [0.1, 0.15) is 10.8 Å². The molecule has 1 unspecified atom stereocenters. The fraction of sp³-hybridized carbons (Fsp3) is 0.375. The number of hydrogen-bond donors (Lipinski definition) is 0. The number of nitriles is 1. The molecule has 0 radical (unpaired) electrons. The number of allylic oxidation sites excluding steroid dienone is 2. The largest absolute Gasteiger partial charge is 0.361 e. The smallest absolute Gasteiger partial charge is 0.135 e. The molecule has 0 aromatic carbocycles. The van der Waals surface area contributed by atoms with Crippen LogP contribution in [0.3, 0.4) is 0 Å². The third-order valence-electron chi connectivity index (χ3n) is 1.53. The Morgan fingerprint density at radius 3 is 3.09 bits per heavy atom. The van der Waals surface area contributed by atoms with Crippen LogP contribution in [0.4, 0.5) is 0 Å². The lowest BCUT2D eigenvalue weighted by molar-refractivity contribution is 0.410. The van der Waals surface area contributed by atoms with Crippen molar-refractivity contribution in [2.24, 2.45) is 0 Å². The Labute approximate surface area is 71.2 Å². The lowest BCUT2D eigenvalue weighted by Gasteiger charge is -2.25. The zero-order valence-corrected chi connectivity index (χ0v) is 7.21. The van der Waals surface area contributed by atoms with Gasteiger partial charge < -0.3 is 4.90 Å². The summed E-state index contributed by atoms with van der Waals surface area (Å²) in [6, 6.07) is 0. The average Bonchev–Trinajstić information content (AvgIpc) is 2.06. The molecule has 1 heterocycles. The van der Waals surface area contributed by atoms with Gasteiger partial charge in [-0.25, -0.2) is 0 Å². The van der Waals surface area contributed by atoms with Gasteiger partial charge in [-0.2, -0.15) is 5.26 Å². The van der Waals surface area contributed by atoms with E-state index in [0.717, 1.165) is 6.54 Å². The molecule has 1 rings (SSSR count). The Balaban J connectivity index is 2.57. The highest BCUT2D eigenvalue weighted by Gasteiger charge is 2.11. The van der Waals surface area contributed by atoms with Gasteiger partial charge in [0.15, 0.2) is 0 Å². The first-order valence-electron chi connectivity index (χ1n) is 3.54. The van der Waals surface area contributed by atoms with Crippen molar-refractivity contribution in [3.63, 3.8) is 0 Å². The summed E-state index contributed by atoms with van der Waals surface area (Å²) >= 11 is 1.28. The van der Waals surface area contributed by atoms with E-state index in [1.807, 2.05) is 24.4 Å². The minimum atomic E-state index is 0.204. The molecule has 0 N–H and O–H groups in total. The van der Waals surface area contributed by atoms with Gasteiger partial charge in [-0.05, 0) is 24.8 Å². The molecule has 11 heavy (non-hydrogen) atoms. The van der Waals surface area contributed by atoms with E-state index in [1.54, 1.807) is 0 Å². The molecule has 1 aliphatic heterocycles. The van der Waals surface area contributed by atoms with Gasteiger partial charge in [0, 0.05) is 12.7 Å². The molecule has 1 atom stereocenters. The Morgan fingerprint density at radius 2 is 2.45 bits per heavy atom. The highest BCUT2D eigenvalue weighted by atomic mass is 32.2. The first-order chi connectivity index (χ1) is 5.38. The summed E-state index contributed by atoms with van der Waals surface area (Å²) in [5.41, 5.74) is 0. The van der Waals surface area contributed by atoms with E-state index in [4.69, 9.17) is 5.26 Å². The second-order valence-corrected chi connectivity index (χ2v) is 3.06. The number of nitrogens with zero attached hydrogens (tertiary/aromatic N) is 2. The van der Waals surface area contributed by atoms with Crippen LogP contribution >= 0.6 is 11.8 Å². The van der Waals surface area contributed by atoms with Crippen molar-refractivity contribution >= 4 is 11.8 Å². The monoisotopic (exact) mass is 166 g/mol. The van der Waals surface area contributed by atoms with Crippen molar-refractivity contribution in [1.82, 2.24) is 4.90 Å². The van der Waals surface area contributed by atoms with E-state index in [2.05, 4.69) is 17.2 Å². The van der Waals surface area contributed by atoms with Gasteiger partial charge >= 0.3 is 0 Å². The van der Waals surface area contributed by atoms with E-state index in [-0.39, 0.29) is 5.37 Å². The number of likely N-dealkylation sites (N-methyl/N-ethyl adjacent to an activating group) is 1. The maximum Gasteiger partial charge on any atom is 0.135 e. The van der Waals surface area contributed by atoms with E-state index < -0.39 is 0 Å². The van der Waals surface area contributed by atoms with Crippen LogP contribution in [0.5, 0.6) is 0 Å². The molecule has 0 spiro atoms. The fourth-order valence-corrected chi connectivity index (χ4v) is 1.59. The van der Waals surface area contributed by atoms with Crippen LogP contribution in [-0.2, 0) is 0 Å². The van der Waals surface area contributed by atoms with E-state index >= 15 is 0 Å². The summed E-state index contributed by atoms with van der Waals surface area (Å²) in [7, 11) is 0. The van der Waals surface area contributed by atoms with E-state index in [0.29, 0.717) is 0 Å². The Hall–Kier alpha value is -0.880. The minimum Gasteiger partial charge on any atom is -0.361 e. The molecule has 0 aliphatic carbocycles. The molecule has 58 valence electrons. The quantitative estimate of drug-likeness (QED) is 0.586. The molecule has 0 saturated carbocycles. The Kier molecular flexibility index (Phi) is 3.06. The first kappa shape index (κ1) is 8.22. The summed E-state index contributed by atoms with van der Waals surface area (Å²) in [6.07, 6.45) is 7.99. The predicted molar refractivity (Wildman–Crippen MR) is 47.7 cm³/mol. The lowest BCUT2D eigenvalue weighted by atomic mass is 10.3. The van der Waals surface area contributed by atoms with Gasteiger partial charge in [-0.3, -0.25) is 0 Å². The molecule has 0 fully saturated rings. The van der Waals surface area contributed by atoms with Gasteiger partial charge in [0.05, 0.1) is 0 Å². The van der Waals surface area contributed by atoms with Crippen molar-refractivity contribution in [2.45, 2.75) is 12.3 Å². The number of hydrogen-bond acceptors (Lipinski definition) is 3. The number of thiocyanates is 1. The van der Waals surface area contributed by atoms with E-state index in [9.17, 15) is 0 Å². The predicted octanol–water partition coefficient (Wildman–Crippen LogP) is 1.93. The van der Waals surface area contributed by atoms with Crippen LogP contribution in [0.2, 0.25) is 0 Å². The number of thioether (sulfide) groups is 1. The molecule has 2 nitrogen and oxygen atoms in total. The van der Waals surface area contributed by atoms with Crippen molar-refractivity contribution in [3.8, 4) is 5.40 Å². The van der Waals surface area contributed by atoms with Gasteiger partial charge in [-0.1, -0.05) is 12.2 Å². The molecule has 0 saturated heterocycles. The zero-order chi connectivity index (χ0) is 8.10. The summed E-state index contributed by atoms with van der Waals surface area (Å²) in [6.45, 7) is 3.02. The number of rotatable bonds is 2. The van der Waals surface area contributed by atoms with Crippen LogP contribution in [0, 0.1) is 10.7 Å². The second kappa shape index (κ2) is 4.09. The maximum absolute atomic E-state index is 8.46. The molecule has 0 amide bonds. The van der Waals surface area contributed by atoms with Crippen LogP contribution in [0.25, 0.3) is 0 Å². The van der Waals surface area contributed by atoms with Crippen LogP contribution in [-0.4, -0.2) is 16.8 Å². The standard InChI is InChI=1S/C8H10N2S/c1-2-10-6-4-3-5-8(10)11-7-9/h3-6,8H,2H2,1H3. The van der Waals surface area contributed by atoms with E-state index in [1.165, 1.54) is 11.8 Å². The molecular formula is C8H10N2S. The van der Waals surface area contributed by atoms with Crippen LogP contribution < -0.4 is 0 Å². The third kappa shape index (κ3) is 2.02. The SMILES string of the molecule is CCN1C=CC=CC1SC#N. The molecule has 0 aromatic rings. The first-order valence-corrected chi connectivity index (χ1v) is 4.42. The molecule has 0 aromatic heterocycles. The van der Waals surface area contributed by atoms with Crippen LogP contribution in [0.15, 0.2) is 24.4 Å². The third-order valence-corrected chi connectivity index (χ3v) is 2.30. The molecule has 0 bridgehead atoms. The zero-order valence-electron chi connectivity index (χ0n) is 6.40. The molecule has 3 heteroatoms. The second-order valence-electron chi connectivity index (χ2n) is 2.16. The van der Waals surface area contributed by atoms with Gasteiger partial charge in [0.25, 0.3) is 0 Å². The topological polar surface area (TPSA) is 27.0 Å². The van der Waals surface area contributed by atoms with Crippen molar-refractivity contribution in [2.75, 3.05) is 6.54 Å². The highest BCUT2D eigenvalue weighted by Crippen LogP contribution is 2.18. The summed E-state index contributed by atoms with van der Waals surface area (Å²) in [5.74, 6) is 0. The Bertz CT molecular complexity index is 215. The minimum absolute atomic E-state index is 0.204. The van der Waals surface area contributed by atoms with Crippen molar-refractivity contribution in [3.05, 3.63) is 24.4 Å². The summed E-state index contributed by atoms with van der Waals surface area (Å²) < 4.78 is 0. The highest BCUT2D eigenvalue weighted by molar-refractivity contribution is 8.04. The average molecular weight is 166 g/mol. The normalized spacial score (nSPS) is 21.8. The summed E-state index contributed by atoms with van der Waals surface area (Å²) in [4.78, 5) is 2.12. The molecule has 1 aliphatic rings. The van der Waals surface area contributed by atoms with Crippen molar-refractivity contribution in [1.29, 1.82) is 5.26 Å².